The van der Waals surface area contributed by atoms with Crippen molar-refractivity contribution in [2.24, 2.45) is 0 Å². The summed E-state index contributed by atoms with van der Waals surface area (Å²) in [6.07, 6.45) is 6.69. The molecular formula is C21H32N4O3. The first kappa shape index (κ1) is 21.7. The maximum Gasteiger partial charge on any atom is 0.315 e. The van der Waals surface area contributed by atoms with E-state index < -0.39 is 0 Å². The van der Waals surface area contributed by atoms with Crippen LogP contribution in [0.1, 0.15) is 60.9 Å². The Hall–Kier alpha value is -2.57. The predicted octanol–water partition coefficient (Wildman–Crippen LogP) is 2.42. The molecule has 0 spiro atoms. The van der Waals surface area contributed by atoms with Crippen LogP contribution in [-0.4, -0.2) is 49.4 Å². The molecule has 28 heavy (non-hydrogen) atoms. The number of urea groups is 1. The molecule has 0 saturated heterocycles. The smallest absolute Gasteiger partial charge is 0.315 e. The van der Waals surface area contributed by atoms with E-state index >= 15 is 0 Å². The molecule has 1 fully saturated rings. The quantitative estimate of drug-likeness (QED) is 0.598. The molecule has 0 bridgehead atoms. The Morgan fingerprint density at radius 3 is 2.32 bits per heavy atom. The standard InChI is InChI=1S/C21H32N4O3/c1-25(2)20(27)17-12-10-16(11-13-17)15-23-19(26)9-6-14-22-21(28)24-18-7-4-3-5-8-18/h10-13,18H,3-9,14-15H2,1-2H3,(H,23,26)(H2,22,24,28). The van der Waals surface area contributed by atoms with Crippen LogP contribution in [0.3, 0.4) is 0 Å². The number of benzene rings is 1. The molecule has 4 amide bonds. The van der Waals surface area contributed by atoms with Gasteiger partial charge in [-0.05, 0) is 37.0 Å². The third kappa shape index (κ3) is 7.58. The van der Waals surface area contributed by atoms with Crippen molar-refractivity contribution in [2.45, 2.75) is 57.5 Å². The zero-order valence-electron chi connectivity index (χ0n) is 16.9. The highest BCUT2D eigenvalue weighted by Gasteiger charge is 2.15. The minimum Gasteiger partial charge on any atom is -0.352 e. The Morgan fingerprint density at radius 2 is 1.68 bits per heavy atom. The van der Waals surface area contributed by atoms with Gasteiger partial charge < -0.3 is 20.9 Å². The van der Waals surface area contributed by atoms with Gasteiger partial charge in [0, 0.05) is 45.2 Å². The van der Waals surface area contributed by atoms with E-state index in [0.717, 1.165) is 18.4 Å². The molecule has 0 unspecified atom stereocenters. The second-order valence-electron chi connectivity index (χ2n) is 7.51. The average molecular weight is 389 g/mol. The van der Waals surface area contributed by atoms with E-state index in [1.807, 2.05) is 12.1 Å². The lowest BCUT2D eigenvalue weighted by atomic mass is 9.96. The molecule has 0 heterocycles. The third-order valence-corrected chi connectivity index (χ3v) is 4.90. The second-order valence-corrected chi connectivity index (χ2v) is 7.51. The number of hydrogen-bond acceptors (Lipinski definition) is 3. The highest BCUT2D eigenvalue weighted by atomic mass is 16.2. The number of carbonyl (C=O) groups is 3. The van der Waals surface area contributed by atoms with Crippen molar-refractivity contribution < 1.29 is 14.4 Å². The fourth-order valence-electron chi connectivity index (χ4n) is 3.25. The summed E-state index contributed by atoms with van der Waals surface area (Å²) in [6.45, 7) is 0.901. The highest BCUT2D eigenvalue weighted by Crippen LogP contribution is 2.17. The molecule has 2 rings (SSSR count). The molecule has 0 aromatic heterocycles. The summed E-state index contributed by atoms with van der Waals surface area (Å²) in [5.41, 5.74) is 1.56. The van der Waals surface area contributed by atoms with Crippen LogP contribution in [-0.2, 0) is 11.3 Å². The van der Waals surface area contributed by atoms with Crippen molar-refractivity contribution in [3.05, 3.63) is 35.4 Å². The van der Waals surface area contributed by atoms with E-state index in [2.05, 4.69) is 16.0 Å². The number of rotatable bonds is 8. The number of nitrogens with one attached hydrogen (secondary N) is 3. The number of amides is 4. The minimum absolute atomic E-state index is 0.0457. The third-order valence-electron chi connectivity index (χ3n) is 4.90. The zero-order valence-corrected chi connectivity index (χ0v) is 16.9. The van der Waals surface area contributed by atoms with Crippen LogP contribution in [0, 0.1) is 0 Å². The summed E-state index contributed by atoms with van der Waals surface area (Å²) in [5.74, 6) is -0.0986. The zero-order chi connectivity index (χ0) is 20.4. The van der Waals surface area contributed by atoms with E-state index in [1.54, 1.807) is 26.2 Å². The van der Waals surface area contributed by atoms with Crippen molar-refractivity contribution in [3.8, 4) is 0 Å². The van der Waals surface area contributed by atoms with Gasteiger partial charge in [-0.25, -0.2) is 4.79 Å². The molecule has 1 saturated carbocycles. The summed E-state index contributed by atoms with van der Waals surface area (Å²) in [6, 6.07) is 7.36. The molecule has 1 aromatic rings. The van der Waals surface area contributed by atoms with Crippen LogP contribution in [0.25, 0.3) is 0 Å². The van der Waals surface area contributed by atoms with Crippen LogP contribution in [0.4, 0.5) is 4.79 Å². The molecule has 7 heteroatoms. The van der Waals surface area contributed by atoms with Gasteiger partial charge in [-0.3, -0.25) is 9.59 Å². The fourth-order valence-corrected chi connectivity index (χ4v) is 3.25. The Bertz CT molecular complexity index is 652. The molecule has 0 atom stereocenters. The Labute approximate surface area is 167 Å². The van der Waals surface area contributed by atoms with E-state index in [1.165, 1.54) is 24.2 Å². The first-order valence-corrected chi connectivity index (χ1v) is 10.1. The Balaban J connectivity index is 1.58. The minimum atomic E-state index is -0.139. The first-order chi connectivity index (χ1) is 13.5. The molecule has 0 aliphatic heterocycles. The van der Waals surface area contributed by atoms with Gasteiger partial charge in [-0.1, -0.05) is 31.4 Å². The molecular weight excluding hydrogens is 356 g/mol. The number of hydrogen-bond donors (Lipinski definition) is 3. The monoisotopic (exact) mass is 388 g/mol. The van der Waals surface area contributed by atoms with E-state index in [0.29, 0.717) is 31.5 Å². The van der Waals surface area contributed by atoms with E-state index in [9.17, 15) is 14.4 Å². The maximum atomic E-state index is 11.9. The van der Waals surface area contributed by atoms with Gasteiger partial charge in [0.2, 0.25) is 5.91 Å². The molecule has 0 radical (unpaired) electrons. The maximum absolute atomic E-state index is 11.9. The van der Waals surface area contributed by atoms with Gasteiger partial charge >= 0.3 is 6.03 Å². The Morgan fingerprint density at radius 1 is 1.00 bits per heavy atom. The lowest BCUT2D eigenvalue weighted by Crippen LogP contribution is -2.43. The van der Waals surface area contributed by atoms with Crippen LogP contribution >= 0.6 is 0 Å². The highest BCUT2D eigenvalue weighted by molar-refractivity contribution is 5.93. The van der Waals surface area contributed by atoms with Crippen molar-refractivity contribution in [1.82, 2.24) is 20.9 Å². The number of nitrogens with zero attached hydrogens (tertiary/aromatic N) is 1. The van der Waals surface area contributed by atoms with Gasteiger partial charge in [-0.2, -0.15) is 0 Å². The lowest BCUT2D eigenvalue weighted by Gasteiger charge is -2.22. The lowest BCUT2D eigenvalue weighted by molar-refractivity contribution is -0.121. The SMILES string of the molecule is CN(C)C(=O)c1ccc(CNC(=O)CCCNC(=O)NC2CCCCC2)cc1. The van der Waals surface area contributed by atoms with Crippen molar-refractivity contribution in [2.75, 3.05) is 20.6 Å². The molecule has 7 nitrogen and oxygen atoms in total. The fraction of sp³-hybridized carbons (Fsp3) is 0.571. The number of carbonyl (C=O) groups excluding carboxylic acids is 3. The molecule has 3 N–H and O–H groups in total. The predicted molar refractivity (Wildman–Crippen MR) is 109 cm³/mol. The summed E-state index contributed by atoms with van der Waals surface area (Å²) in [5, 5.41) is 8.68. The first-order valence-electron chi connectivity index (χ1n) is 10.1. The van der Waals surface area contributed by atoms with Crippen molar-refractivity contribution in [1.29, 1.82) is 0 Å². The van der Waals surface area contributed by atoms with Gasteiger partial charge in [0.05, 0.1) is 0 Å². The summed E-state index contributed by atoms with van der Waals surface area (Å²) in [4.78, 5) is 37.2. The van der Waals surface area contributed by atoms with Crippen molar-refractivity contribution in [3.63, 3.8) is 0 Å². The molecule has 154 valence electrons. The van der Waals surface area contributed by atoms with Crippen molar-refractivity contribution >= 4 is 17.8 Å². The van der Waals surface area contributed by atoms with Crippen LogP contribution in [0.15, 0.2) is 24.3 Å². The van der Waals surface area contributed by atoms with Gasteiger partial charge in [0.1, 0.15) is 0 Å². The Kier molecular flexibility index (Phi) is 8.78. The molecule has 1 aromatic carbocycles. The summed E-state index contributed by atoms with van der Waals surface area (Å²) in [7, 11) is 3.43. The van der Waals surface area contributed by atoms with Crippen LogP contribution in [0.2, 0.25) is 0 Å². The van der Waals surface area contributed by atoms with Gasteiger partial charge in [0.25, 0.3) is 5.91 Å². The van der Waals surface area contributed by atoms with Gasteiger partial charge in [0.15, 0.2) is 0 Å². The van der Waals surface area contributed by atoms with E-state index in [4.69, 9.17) is 0 Å². The summed E-state index contributed by atoms with van der Waals surface area (Å²) < 4.78 is 0. The average Bonchev–Trinajstić information content (AvgIpc) is 2.70. The normalized spacial score (nSPS) is 14.2. The molecule has 1 aliphatic carbocycles. The molecule has 1 aliphatic rings. The topological polar surface area (TPSA) is 90.5 Å². The van der Waals surface area contributed by atoms with Crippen LogP contribution in [0.5, 0.6) is 0 Å². The second kappa shape index (κ2) is 11.3. The van der Waals surface area contributed by atoms with E-state index in [-0.39, 0.29) is 23.9 Å². The van der Waals surface area contributed by atoms with Crippen LogP contribution < -0.4 is 16.0 Å². The largest absolute Gasteiger partial charge is 0.352 e. The summed E-state index contributed by atoms with van der Waals surface area (Å²) >= 11 is 0. The van der Waals surface area contributed by atoms with Gasteiger partial charge in [-0.15, -0.1) is 0 Å².